The second-order valence-electron chi connectivity index (χ2n) is 4.99. The molecule has 0 spiro atoms. The molecule has 1 radical (unpaired) electrons. The summed E-state index contributed by atoms with van der Waals surface area (Å²) in [7, 11) is 2.09. The molecule has 0 fully saturated rings. The number of rotatable bonds is 1. The molecule has 0 bridgehead atoms. The van der Waals surface area contributed by atoms with E-state index in [-0.39, 0.29) is 0 Å². The zero-order valence-electron chi connectivity index (χ0n) is 10.0. The molecule has 0 amide bonds. The Balaban J connectivity index is 2.40. The smallest absolute Gasteiger partial charge is 0.166 e. The Morgan fingerprint density at radius 1 is 1.29 bits per heavy atom. The Morgan fingerprint density at radius 3 is 2.59 bits per heavy atom. The molecule has 1 aromatic carbocycles. The predicted octanol–water partition coefficient (Wildman–Crippen LogP) is 4.08. The van der Waals surface area contributed by atoms with Crippen molar-refractivity contribution in [2.24, 2.45) is 5.92 Å². The van der Waals surface area contributed by atoms with Crippen molar-refractivity contribution in [3.8, 4) is 0 Å². The van der Waals surface area contributed by atoms with Gasteiger partial charge < -0.3 is 0 Å². The van der Waals surface area contributed by atoms with Gasteiger partial charge in [0.25, 0.3) is 0 Å². The van der Waals surface area contributed by atoms with E-state index < -0.39 is 11.7 Å². The fraction of sp³-hybridized carbons (Fsp3) is 0.538. The van der Waals surface area contributed by atoms with Crippen LogP contribution in [-0.2, 0) is 12.5 Å². The minimum Gasteiger partial charge on any atom is -0.166 e. The zero-order chi connectivity index (χ0) is 12.6. The first-order valence-electron chi connectivity index (χ1n) is 5.91. The molecule has 0 aliphatic carbocycles. The van der Waals surface area contributed by atoms with Gasteiger partial charge in [-0.2, -0.15) is 13.2 Å². The summed E-state index contributed by atoms with van der Waals surface area (Å²) in [5.74, 6) is 0.822. The van der Waals surface area contributed by atoms with Crippen LogP contribution >= 0.6 is 0 Å². The summed E-state index contributed by atoms with van der Waals surface area (Å²) in [4.78, 5) is 0. The van der Waals surface area contributed by atoms with Gasteiger partial charge in [-0.05, 0) is 29.5 Å². The second-order valence-corrected chi connectivity index (χ2v) is 4.99. The van der Waals surface area contributed by atoms with E-state index in [1.165, 1.54) is 12.1 Å². The van der Waals surface area contributed by atoms with E-state index in [1.807, 2.05) is 0 Å². The van der Waals surface area contributed by atoms with Crippen molar-refractivity contribution in [2.45, 2.75) is 38.6 Å². The van der Waals surface area contributed by atoms with Gasteiger partial charge in [0, 0.05) is 0 Å². The lowest BCUT2D eigenvalue weighted by Crippen LogP contribution is -2.20. The van der Waals surface area contributed by atoms with Crippen molar-refractivity contribution in [3.63, 3.8) is 0 Å². The van der Waals surface area contributed by atoms with Crippen molar-refractivity contribution in [2.75, 3.05) is 0 Å². The van der Waals surface area contributed by atoms with E-state index in [0.29, 0.717) is 18.2 Å². The largest absolute Gasteiger partial charge is 0.416 e. The van der Waals surface area contributed by atoms with Crippen molar-refractivity contribution in [1.29, 1.82) is 0 Å². The molecular weight excluding hydrogens is 224 g/mol. The van der Waals surface area contributed by atoms with Crippen LogP contribution in [0.3, 0.4) is 0 Å². The average molecular weight is 239 g/mol. The van der Waals surface area contributed by atoms with Gasteiger partial charge >= 0.3 is 6.18 Å². The van der Waals surface area contributed by atoms with Gasteiger partial charge in [0.15, 0.2) is 0 Å². The molecular formula is C13H15BF3. The normalized spacial score (nSPS) is 20.0. The van der Waals surface area contributed by atoms with Crippen molar-refractivity contribution < 1.29 is 13.2 Å². The van der Waals surface area contributed by atoms with Gasteiger partial charge in [-0.3, -0.25) is 0 Å². The maximum atomic E-state index is 12.6. The van der Waals surface area contributed by atoms with Crippen LogP contribution in [0.5, 0.6) is 0 Å². The Hall–Kier alpha value is -0.925. The number of fused-ring (bicyclic) bond motifs is 1. The highest BCUT2D eigenvalue weighted by molar-refractivity contribution is 6.35. The average Bonchev–Trinajstić information content (AvgIpc) is 2.26. The lowest BCUT2D eigenvalue weighted by molar-refractivity contribution is -0.137. The maximum absolute atomic E-state index is 12.6. The molecule has 0 saturated heterocycles. The summed E-state index contributed by atoms with van der Waals surface area (Å²) in [5, 5.41) is 0. The quantitative estimate of drug-likeness (QED) is 0.647. The number of alkyl halides is 3. The standard InChI is InChI=1S/C13H15BF3/c1-8(2)12-7-14-6-9-5-10(13(15,16)17)3-4-11(9)12/h3-5,8,12H,6-7H2,1-2H3. The molecule has 0 N–H and O–H groups in total. The fourth-order valence-corrected chi connectivity index (χ4v) is 2.50. The molecule has 1 aromatic rings. The highest BCUT2D eigenvalue weighted by atomic mass is 19.4. The van der Waals surface area contributed by atoms with Crippen LogP contribution in [0.2, 0.25) is 6.32 Å². The Bertz CT molecular complexity index is 410. The Kier molecular flexibility index (Phi) is 3.24. The van der Waals surface area contributed by atoms with E-state index in [1.54, 1.807) is 6.07 Å². The molecule has 1 unspecified atom stereocenters. The number of hydrogen-bond acceptors (Lipinski definition) is 0. The summed E-state index contributed by atoms with van der Waals surface area (Å²) in [5.41, 5.74) is 1.40. The lowest BCUT2D eigenvalue weighted by Gasteiger charge is -2.28. The second kappa shape index (κ2) is 4.39. The molecule has 1 aliphatic rings. The molecule has 0 nitrogen and oxygen atoms in total. The van der Waals surface area contributed by atoms with Gasteiger partial charge in [0.1, 0.15) is 7.28 Å². The molecule has 1 heterocycles. The SMILES string of the molecule is CC(C)C1C[B]Cc2cc(C(F)(F)F)ccc21. The van der Waals surface area contributed by atoms with Crippen LogP contribution < -0.4 is 0 Å². The number of hydrogen-bond donors (Lipinski definition) is 0. The van der Waals surface area contributed by atoms with Crippen LogP contribution in [0.4, 0.5) is 13.2 Å². The third kappa shape index (κ3) is 2.50. The van der Waals surface area contributed by atoms with Gasteiger partial charge in [0.05, 0.1) is 5.56 Å². The van der Waals surface area contributed by atoms with E-state index in [4.69, 9.17) is 0 Å². The van der Waals surface area contributed by atoms with Gasteiger partial charge in [-0.1, -0.05) is 38.1 Å². The van der Waals surface area contributed by atoms with Crippen molar-refractivity contribution in [1.82, 2.24) is 0 Å². The fourth-order valence-electron chi connectivity index (χ4n) is 2.50. The van der Waals surface area contributed by atoms with Crippen molar-refractivity contribution >= 4 is 7.28 Å². The van der Waals surface area contributed by atoms with Crippen LogP contribution in [0.1, 0.15) is 36.5 Å². The van der Waals surface area contributed by atoms with Gasteiger partial charge in [-0.25, -0.2) is 0 Å². The topological polar surface area (TPSA) is 0 Å². The summed E-state index contributed by atoms with van der Waals surface area (Å²) in [6.45, 7) is 4.23. The first-order chi connectivity index (χ1) is 7.89. The molecule has 0 aromatic heterocycles. The molecule has 4 heteroatoms. The molecule has 91 valence electrons. The van der Waals surface area contributed by atoms with Gasteiger partial charge in [-0.15, -0.1) is 0 Å². The van der Waals surface area contributed by atoms with Gasteiger partial charge in [0.2, 0.25) is 0 Å². The van der Waals surface area contributed by atoms with Crippen LogP contribution in [0, 0.1) is 5.92 Å². The van der Waals surface area contributed by atoms with Crippen molar-refractivity contribution in [3.05, 3.63) is 34.9 Å². The minimum atomic E-state index is -4.24. The van der Waals surface area contributed by atoms with E-state index in [0.717, 1.165) is 17.4 Å². The predicted molar refractivity (Wildman–Crippen MR) is 63.3 cm³/mol. The number of benzene rings is 1. The first kappa shape index (κ1) is 12.5. The summed E-state index contributed by atoms with van der Waals surface area (Å²) in [6, 6.07) is 4.18. The number of halogens is 3. The highest BCUT2D eigenvalue weighted by Crippen LogP contribution is 2.38. The summed E-state index contributed by atoms with van der Waals surface area (Å²) >= 11 is 0. The molecule has 17 heavy (non-hydrogen) atoms. The Labute approximate surface area is 100 Å². The third-order valence-corrected chi connectivity index (χ3v) is 3.46. The highest BCUT2D eigenvalue weighted by Gasteiger charge is 2.32. The van der Waals surface area contributed by atoms with E-state index in [2.05, 4.69) is 21.1 Å². The molecule has 2 rings (SSSR count). The monoisotopic (exact) mass is 239 g/mol. The van der Waals surface area contributed by atoms with E-state index >= 15 is 0 Å². The molecule has 1 atom stereocenters. The van der Waals surface area contributed by atoms with Crippen LogP contribution in [0.15, 0.2) is 18.2 Å². The minimum absolute atomic E-state index is 0.362. The first-order valence-corrected chi connectivity index (χ1v) is 5.91. The lowest BCUT2D eigenvalue weighted by atomic mass is 9.56. The molecule has 1 aliphatic heterocycles. The van der Waals surface area contributed by atoms with Crippen LogP contribution in [0.25, 0.3) is 0 Å². The maximum Gasteiger partial charge on any atom is 0.416 e. The van der Waals surface area contributed by atoms with E-state index in [9.17, 15) is 13.2 Å². The summed E-state index contributed by atoms with van der Waals surface area (Å²) in [6.07, 6.45) is -2.61. The zero-order valence-corrected chi connectivity index (χ0v) is 10.0. The third-order valence-electron chi connectivity index (χ3n) is 3.46. The summed E-state index contributed by atoms with van der Waals surface area (Å²) < 4.78 is 37.8. The van der Waals surface area contributed by atoms with Crippen LogP contribution in [-0.4, -0.2) is 7.28 Å². The Morgan fingerprint density at radius 2 is 2.00 bits per heavy atom. The molecule has 0 saturated carbocycles.